The smallest absolute Gasteiger partial charge is 0.165 e. The van der Waals surface area contributed by atoms with E-state index in [-0.39, 0.29) is 0 Å². The van der Waals surface area contributed by atoms with E-state index in [1.807, 2.05) is 0 Å². The van der Waals surface area contributed by atoms with E-state index in [0.29, 0.717) is 11.3 Å². The molecule has 0 aliphatic heterocycles. The van der Waals surface area contributed by atoms with Crippen molar-refractivity contribution < 1.29 is 13.5 Å². The molecule has 6 heteroatoms. The number of halogens is 1. The van der Waals surface area contributed by atoms with Gasteiger partial charge in [-0.15, -0.1) is 0 Å². The number of aliphatic hydroxyl groups is 1. The van der Waals surface area contributed by atoms with Crippen molar-refractivity contribution in [2.24, 2.45) is 0 Å². The van der Waals surface area contributed by atoms with Crippen LogP contribution in [-0.2, 0) is 9.84 Å². The number of hydrogen-bond donors (Lipinski definition) is 2. The van der Waals surface area contributed by atoms with E-state index in [1.165, 1.54) is 6.92 Å². The van der Waals surface area contributed by atoms with Crippen molar-refractivity contribution in [1.82, 2.24) is 0 Å². The van der Waals surface area contributed by atoms with Crippen molar-refractivity contribution in [2.45, 2.75) is 16.7 Å². The molecule has 0 heterocycles. The Bertz CT molecular complexity index is 485. The standard InChI is InChI=1S/C10H14BrNO3S/c1-10(11,16(2,14)15)9(13)7-4-3-5-8(12)6-7/h3-6,9,13H,12H2,1-2H3. The third-order valence-electron chi connectivity index (χ3n) is 2.44. The van der Waals surface area contributed by atoms with Crippen molar-refractivity contribution in [3.8, 4) is 0 Å². The summed E-state index contributed by atoms with van der Waals surface area (Å²) in [5.74, 6) is 0. The molecule has 2 unspecified atom stereocenters. The zero-order valence-corrected chi connectivity index (χ0v) is 11.4. The SMILES string of the molecule is CC(Br)(C(O)c1cccc(N)c1)S(C)(=O)=O. The van der Waals surface area contributed by atoms with Crippen LogP contribution in [0.2, 0.25) is 0 Å². The van der Waals surface area contributed by atoms with Crippen LogP contribution in [0.15, 0.2) is 24.3 Å². The van der Waals surface area contributed by atoms with Crippen LogP contribution in [0.25, 0.3) is 0 Å². The van der Waals surface area contributed by atoms with E-state index in [4.69, 9.17) is 5.73 Å². The molecule has 0 bridgehead atoms. The number of anilines is 1. The van der Waals surface area contributed by atoms with Gasteiger partial charge in [0.1, 0.15) is 6.10 Å². The van der Waals surface area contributed by atoms with Gasteiger partial charge in [0.2, 0.25) is 0 Å². The second-order valence-electron chi connectivity index (χ2n) is 3.83. The maximum Gasteiger partial charge on any atom is 0.165 e. The summed E-state index contributed by atoms with van der Waals surface area (Å²) in [6.07, 6.45) is -0.108. The average molecular weight is 308 g/mol. The number of sulfone groups is 1. The molecule has 0 spiro atoms. The summed E-state index contributed by atoms with van der Waals surface area (Å²) in [6, 6.07) is 6.52. The topological polar surface area (TPSA) is 80.4 Å². The molecule has 1 aromatic rings. The van der Waals surface area contributed by atoms with Gasteiger partial charge in [-0.1, -0.05) is 28.1 Å². The third-order valence-corrected chi connectivity index (χ3v) is 6.31. The van der Waals surface area contributed by atoms with E-state index in [9.17, 15) is 13.5 Å². The molecule has 2 atom stereocenters. The molecule has 0 amide bonds. The highest BCUT2D eigenvalue weighted by Gasteiger charge is 2.41. The summed E-state index contributed by atoms with van der Waals surface area (Å²) >= 11 is 3.05. The van der Waals surface area contributed by atoms with E-state index in [1.54, 1.807) is 24.3 Å². The summed E-state index contributed by atoms with van der Waals surface area (Å²) in [6.45, 7) is 1.41. The van der Waals surface area contributed by atoms with Crippen molar-refractivity contribution in [3.63, 3.8) is 0 Å². The molecule has 0 radical (unpaired) electrons. The van der Waals surface area contributed by atoms with E-state index < -0.39 is 19.6 Å². The highest BCUT2D eigenvalue weighted by molar-refractivity contribution is 9.11. The summed E-state index contributed by atoms with van der Waals surface area (Å²) in [7, 11) is -3.44. The van der Waals surface area contributed by atoms with Crippen LogP contribution in [-0.4, -0.2) is 23.4 Å². The molecule has 1 rings (SSSR count). The van der Waals surface area contributed by atoms with E-state index in [2.05, 4.69) is 15.9 Å². The molecule has 0 aliphatic rings. The first-order valence-electron chi connectivity index (χ1n) is 4.58. The van der Waals surface area contributed by atoms with Crippen LogP contribution in [0, 0.1) is 0 Å². The predicted octanol–water partition coefficient (Wildman–Crippen LogP) is 1.46. The Morgan fingerprint density at radius 1 is 1.50 bits per heavy atom. The normalized spacial score (nSPS) is 17.8. The van der Waals surface area contributed by atoms with Crippen LogP contribution in [0.5, 0.6) is 0 Å². The Kier molecular flexibility index (Phi) is 3.66. The molecule has 0 aliphatic carbocycles. The first kappa shape index (κ1) is 13.5. The Morgan fingerprint density at radius 2 is 2.06 bits per heavy atom. The zero-order chi connectivity index (χ0) is 12.6. The maximum absolute atomic E-state index is 11.5. The molecular formula is C10H14BrNO3S. The molecule has 0 aromatic heterocycles. The minimum Gasteiger partial charge on any atom is -0.399 e. The van der Waals surface area contributed by atoms with Gasteiger partial charge in [-0.3, -0.25) is 0 Å². The number of benzene rings is 1. The van der Waals surface area contributed by atoms with Gasteiger partial charge in [-0.05, 0) is 24.6 Å². The maximum atomic E-state index is 11.5. The molecule has 3 N–H and O–H groups in total. The van der Waals surface area contributed by atoms with Gasteiger partial charge in [0.15, 0.2) is 13.5 Å². The molecule has 4 nitrogen and oxygen atoms in total. The van der Waals surface area contributed by atoms with Crippen molar-refractivity contribution in [2.75, 3.05) is 12.0 Å². The lowest BCUT2D eigenvalue weighted by atomic mass is 10.1. The molecule has 16 heavy (non-hydrogen) atoms. The fourth-order valence-corrected chi connectivity index (χ4v) is 2.04. The van der Waals surface area contributed by atoms with Gasteiger partial charge in [0.25, 0.3) is 0 Å². The average Bonchev–Trinajstić information content (AvgIpc) is 2.14. The minimum atomic E-state index is -3.44. The lowest BCUT2D eigenvalue weighted by Gasteiger charge is -2.27. The molecule has 0 saturated carbocycles. The van der Waals surface area contributed by atoms with Crippen molar-refractivity contribution in [3.05, 3.63) is 29.8 Å². The summed E-state index contributed by atoms with van der Waals surface area (Å²) in [5.41, 5.74) is 6.52. The fraction of sp³-hybridized carbons (Fsp3) is 0.400. The first-order valence-corrected chi connectivity index (χ1v) is 7.26. The van der Waals surface area contributed by atoms with Crippen molar-refractivity contribution in [1.29, 1.82) is 0 Å². The van der Waals surface area contributed by atoms with Gasteiger partial charge in [-0.2, -0.15) is 0 Å². The molecule has 90 valence electrons. The van der Waals surface area contributed by atoms with Gasteiger partial charge in [0.05, 0.1) is 0 Å². The predicted molar refractivity (Wildman–Crippen MR) is 68.0 cm³/mol. The number of hydrogen-bond acceptors (Lipinski definition) is 4. The molecule has 1 aromatic carbocycles. The number of aliphatic hydroxyl groups excluding tert-OH is 1. The monoisotopic (exact) mass is 307 g/mol. The summed E-state index contributed by atoms with van der Waals surface area (Å²) in [4.78, 5) is 0. The Balaban J connectivity index is 3.17. The molecule has 0 saturated heterocycles. The third kappa shape index (κ3) is 2.56. The lowest BCUT2D eigenvalue weighted by molar-refractivity contribution is 0.168. The lowest BCUT2D eigenvalue weighted by Crippen LogP contribution is -2.34. The number of rotatable bonds is 3. The number of nitrogens with two attached hydrogens (primary N) is 1. The largest absolute Gasteiger partial charge is 0.399 e. The van der Waals surface area contributed by atoms with Crippen LogP contribution in [0.1, 0.15) is 18.6 Å². The van der Waals surface area contributed by atoms with Gasteiger partial charge in [0, 0.05) is 11.9 Å². The van der Waals surface area contributed by atoms with E-state index >= 15 is 0 Å². The second-order valence-corrected chi connectivity index (χ2v) is 8.40. The van der Waals surface area contributed by atoms with Gasteiger partial charge < -0.3 is 10.8 Å². The van der Waals surface area contributed by atoms with Crippen molar-refractivity contribution >= 4 is 31.5 Å². The molecular weight excluding hydrogens is 294 g/mol. The van der Waals surface area contributed by atoms with Gasteiger partial charge in [-0.25, -0.2) is 8.42 Å². The molecule has 0 fully saturated rings. The number of alkyl halides is 1. The van der Waals surface area contributed by atoms with Crippen LogP contribution in [0.3, 0.4) is 0 Å². The quantitative estimate of drug-likeness (QED) is 0.654. The van der Waals surface area contributed by atoms with Crippen LogP contribution in [0.4, 0.5) is 5.69 Å². The van der Waals surface area contributed by atoms with Gasteiger partial charge >= 0.3 is 0 Å². The fourth-order valence-electron chi connectivity index (χ4n) is 1.23. The zero-order valence-electron chi connectivity index (χ0n) is 9.01. The summed E-state index contributed by atoms with van der Waals surface area (Å²) < 4.78 is 21.6. The minimum absolute atomic E-state index is 0.463. The first-order chi connectivity index (χ1) is 7.16. The highest BCUT2D eigenvalue weighted by Crippen LogP contribution is 2.38. The Hall–Kier alpha value is -0.590. The summed E-state index contributed by atoms with van der Waals surface area (Å²) in [5, 5.41) is 10.0. The second kappa shape index (κ2) is 4.35. The van der Waals surface area contributed by atoms with E-state index in [0.717, 1.165) is 6.26 Å². The van der Waals surface area contributed by atoms with Crippen LogP contribution < -0.4 is 5.73 Å². The Labute approximate surface area is 104 Å². The number of nitrogen functional groups attached to an aromatic ring is 1. The van der Waals surface area contributed by atoms with Crippen LogP contribution >= 0.6 is 15.9 Å². The Morgan fingerprint density at radius 3 is 2.50 bits per heavy atom. The highest BCUT2D eigenvalue weighted by atomic mass is 79.9.